The Hall–Kier alpha value is -1.59. The van der Waals surface area contributed by atoms with Gasteiger partial charge in [0.15, 0.2) is 0 Å². The zero-order valence-electron chi connectivity index (χ0n) is 12.3. The standard InChI is InChI=1S/C15H20N4S/c1-10-9-17-14(19-16)18-13(10)20-12-7-5-11(6-8-12)15(2,3)4/h5-9H,16H2,1-4H3,(H,17,18,19). The molecule has 0 unspecified atom stereocenters. The van der Waals surface area contributed by atoms with Gasteiger partial charge in [0, 0.05) is 16.7 Å². The lowest BCUT2D eigenvalue weighted by Crippen LogP contribution is -2.11. The first-order valence-corrected chi connectivity index (χ1v) is 7.30. The van der Waals surface area contributed by atoms with E-state index >= 15 is 0 Å². The van der Waals surface area contributed by atoms with Gasteiger partial charge in [-0.2, -0.15) is 0 Å². The number of hydrazine groups is 1. The van der Waals surface area contributed by atoms with Crippen molar-refractivity contribution >= 4 is 17.7 Å². The highest BCUT2D eigenvalue weighted by Crippen LogP contribution is 2.31. The Labute approximate surface area is 124 Å². The maximum Gasteiger partial charge on any atom is 0.238 e. The smallest absolute Gasteiger partial charge is 0.238 e. The Morgan fingerprint density at radius 2 is 1.80 bits per heavy atom. The van der Waals surface area contributed by atoms with Crippen molar-refractivity contribution < 1.29 is 0 Å². The van der Waals surface area contributed by atoms with Crippen LogP contribution < -0.4 is 11.3 Å². The highest BCUT2D eigenvalue weighted by molar-refractivity contribution is 7.99. The van der Waals surface area contributed by atoms with E-state index in [1.807, 2.05) is 6.92 Å². The van der Waals surface area contributed by atoms with Crippen LogP contribution in [0.2, 0.25) is 0 Å². The van der Waals surface area contributed by atoms with Gasteiger partial charge in [-0.25, -0.2) is 15.8 Å². The third-order valence-corrected chi connectivity index (χ3v) is 4.10. The molecule has 0 bridgehead atoms. The molecule has 0 spiro atoms. The monoisotopic (exact) mass is 288 g/mol. The summed E-state index contributed by atoms with van der Waals surface area (Å²) in [6, 6.07) is 8.59. The number of hydrogen-bond acceptors (Lipinski definition) is 5. The third kappa shape index (κ3) is 3.49. The van der Waals surface area contributed by atoms with Crippen molar-refractivity contribution in [1.82, 2.24) is 9.97 Å². The van der Waals surface area contributed by atoms with Gasteiger partial charge in [0.1, 0.15) is 5.03 Å². The van der Waals surface area contributed by atoms with Crippen molar-refractivity contribution in [3.05, 3.63) is 41.6 Å². The van der Waals surface area contributed by atoms with Crippen LogP contribution in [0, 0.1) is 6.92 Å². The van der Waals surface area contributed by atoms with Crippen LogP contribution >= 0.6 is 11.8 Å². The molecule has 20 heavy (non-hydrogen) atoms. The largest absolute Gasteiger partial charge is 0.292 e. The van der Waals surface area contributed by atoms with Gasteiger partial charge in [-0.3, -0.25) is 5.43 Å². The number of nitrogen functional groups attached to an aromatic ring is 1. The Morgan fingerprint density at radius 1 is 1.15 bits per heavy atom. The van der Waals surface area contributed by atoms with Crippen LogP contribution in [0.3, 0.4) is 0 Å². The molecule has 2 rings (SSSR count). The number of nitrogens with one attached hydrogen (secondary N) is 1. The molecule has 2 aromatic rings. The van der Waals surface area contributed by atoms with E-state index in [-0.39, 0.29) is 5.41 Å². The van der Waals surface area contributed by atoms with Crippen molar-refractivity contribution in [3.8, 4) is 0 Å². The number of hydrogen-bond donors (Lipinski definition) is 2. The quantitative estimate of drug-likeness (QED) is 0.514. The molecule has 106 valence electrons. The highest BCUT2D eigenvalue weighted by atomic mass is 32.2. The number of rotatable bonds is 3. The van der Waals surface area contributed by atoms with E-state index in [1.54, 1.807) is 18.0 Å². The molecule has 1 aromatic heterocycles. The minimum absolute atomic E-state index is 0.171. The molecule has 0 fully saturated rings. The van der Waals surface area contributed by atoms with E-state index in [4.69, 9.17) is 5.84 Å². The molecule has 0 amide bonds. The predicted octanol–water partition coefficient (Wildman–Crippen LogP) is 3.52. The lowest BCUT2D eigenvalue weighted by molar-refractivity contribution is 0.590. The minimum atomic E-state index is 0.171. The molecule has 1 aromatic carbocycles. The van der Waals surface area contributed by atoms with Gasteiger partial charge in [0.2, 0.25) is 5.95 Å². The minimum Gasteiger partial charge on any atom is -0.292 e. The summed E-state index contributed by atoms with van der Waals surface area (Å²) in [5, 5.41) is 0.913. The van der Waals surface area contributed by atoms with Crippen LogP contribution in [0.25, 0.3) is 0 Å². The second-order valence-electron chi connectivity index (χ2n) is 5.70. The third-order valence-electron chi connectivity index (χ3n) is 2.99. The fourth-order valence-corrected chi connectivity index (χ4v) is 2.58. The van der Waals surface area contributed by atoms with Gasteiger partial charge < -0.3 is 0 Å². The Balaban J connectivity index is 2.22. The van der Waals surface area contributed by atoms with Crippen LogP contribution in [0.5, 0.6) is 0 Å². The van der Waals surface area contributed by atoms with E-state index in [9.17, 15) is 0 Å². The van der Waals surface area contributed by atoms with E-state index in [1.165, 1.54) is 5.56 Å². The first kappa shape index (κ1) is 14.8. The molecule has 0 aliphatic heterocycles. The number of anilines is 1. The molecule has 0 atom stereocenters. The first-order chi connectivity index (χ1) is 9.40. The molecule has 0 saturated carbocycles. The second kappa shape index (κ2) is 5.81. The fourth-order valence-electron chi connectivity index (χ4n) is 1.73. The fraction of sp³-hybridized carbons (Fsp3) is 0.333. The average Bonchev–Trinajstić information content (AvgIpc) is 2.41. The first-order valence-electron chi connectivity index (χ1n) is 6.49. The summed E-state index contributed by atoms with van der Waals surface area (Å²) in [6.07, 6.45) is 1.77. The Kier molecular flexibility index (Phi) is 4.30. The maximum atomic E-state index is 5.35. The van der Waals surface area contributed by atoms with E-state index in [0.717, 1.165) is 15.5 Å². The molecule has 0 saturated heterocycles. The summed E-state index contributed by atoms with van der Waals surface area (Å²) < 4.78 is 0. The zero-order chi connectivity index (χ0) is 14.8. The van der Waals surface area contributed by atoms with Gasteiger partial charge in [-0.1, -0.05) is 44.7 Å². The van der Waals surface area contributed by atoms with Gasteiger partial charge >= 0.3 is 0 Å². The van der Waals surface area contributed by atoms with E-state index < -0.39 is 0 Å². The summed E-state index contributed by atoms with van der Waals surface area (Å²) >= 11 is 1.62. The van der Waals surface area contributed by atoms with E-state index in [0.29, 0.717) is 5.95 Å². The van der Waals surface area contributed by atoms with Crippen molar-refractivity contribution in [2.75, 3.05) is 5.43 Å². The van der Waals surface area contributed by atoms with Crippen molar-refractivity contribution in [3.63, 3.8) is 0 Å². The SMILES string of the molecule is Cc1cnc(NN)nc1Sc1ccc(C(C)(C)C)cc1. The molecule has 3 N–H and O–H groups in total. The van der Waals surface area contributed by atoms with Crippen LogP contribution in [0.4, 0.5) is 5.95 Å². The average molecular weight is 288 g/mol. The summed E-state index contributed by atoms with van der Waals surface area (Å²) in [5.74, 6) is 5.78. The zero-order valence-corrected chi connectivity index (χ0v) is 13.1. The van der Waals surface area contributed by atoms with Crippen molar-refractivity contribution in [2.45, 2.75) is 43.0 Å². The predicted molar refractivity (Wildman–Crippen MR) is 83.8 cm³/mol. The van der Waals surface area contributed by atoms with Gasteiger partial charge in [-0.05, 0) is 30.0 Å². The van der Waals surface area contributed by atoms with Crippen LogP contribution in [0.15, 0.2) is 40.4 Å². The molecule has 0 aliphatic carbocycles. The second-order valence-corrected chi connectivity index (χ2v) is 6.76. The number of aromatic nitrogens is 2. The summed E-state index contributed by atoms with van der Waals surface area (Å²) in [5.41, 5.74) is 5.01. The molecular formula is C15H20N4S. The number of aryl methyl sites for hydroxylation is 1. The molecule has 0 aliphatic rings. The van der Waals surface area contributed by atoms with E-state index in [2.05, 4.69) is 60.4 Å². The van der Waals surface area contributed by atoms with Gasteiger partial charge in [-0.15, -0.1) is 0 Å². The molecular weight excluding hydrogens is 268 g/mol. The lowest BCUT2D eigenvalue weighted by Gasteiger charge is -2.19. The van der Waals surface area contributed by atoms with Crippen LogP contribution in [-0.2, 0) is 5.41 Å². The summed E-state index contributed by atoms with van der Waals surface area (Å²) in [4.78, 5) is 9.61. The Bertz CT molecular complexity index is 588. The molecule has 1 heterocycles. The van der Waals surface area contributed by atoms with Crippen LogP contribution in [0.1, 0.15) is 31.9 Å². The highest BCUT2D eigenvalue weighted by Gasteiger charge is 2.13. The number of nitrogens with zero attached hydrogens (tertiary/aromatic N) is 2. The molecule has 4 nitrogen and oxygen atoms in total. The Morgan fingerprint density at radius 3 is 2.35 bits per heavy atom. The molecule has 5 heteroatoms. The summed E-state index contributed by atoms with van der Waals surface area (Å²) in [6.45, 7) is 8.63. The number of nitrogens with two attached hydrogens (primary N) is 1. The summed E-state index contributed by atoms with van der Waals surface area (Å²) in [7, 11) is 0. The van der Waals surface area contributed by atoms with Crippen molar-refractivity contribution in [2.24, 2.45) is 5.84 Å². The maximum absolute atomic E-state index is 5.35. The van der Waals surface area contributed by atoms with Crippen LogP contribution in [-0.4, -0.2) is 9.97 Å². The van der Waals surface area contributed by atoms with Gasteiger partial charge in [0.05, 0.1) is 0 Å². The topological polar surface area (TPSA) is 63.8 Å². The lowest BCUT2D eigenvalue weighted by atomic mass is 9.87. The number of benzene rings is 1. The van der Waals surface area contributed by atoms with Crippen molar-refractivity contribution in [1.29, 1.82) is 0 Å². The van der Waals surface area contributed by atoms with Gasteiger partial charge in [0.25, 0.3) is 0 Å². The normalized spacial score (nSPS) is 11.4. The molecule has 0 radical (unpaired) electrons.